The fraction of sp³-hybridized carbons (Fsp3) is 0.615. The van der Waals surface area contributed by atoms with Crippen molar-refractivity contribution in [2.24, 2.45) is 5.92 Å². The van der Waals surface area contributed by atoms with Crippen molar-refractivity contribution < 1.29 is 19.4 Å². The summed E-state index contributed by atoms with van der Waals surface area (Å²) in [6.45, 7) is 1.10. The van der Waals surface area contributed by atoms with Gasteiger partial charge in [-0.3, -0.25) is 4.79 Å². The summed E-state index contributed by atoms with van der Waals surface area (Å²) < 4.78 is 4.92. The van der Waals surface area contributed by atoms with Gasteiger partial charge in [0.15, 0.2) is 0 Å². The van der Waals surface area contributed by atoms with Gasteiger partial charge in [-0.25, -0.2) is 4.79 Å². The van der Waals surface area contributed by atoms with E-state index in [0.29, 0.717) is 26.1 Å². The molecular weight excluding hydrogens is 262 g/mol. The number of amides is 2. The molecule has 2 N–H and O–H groups in total. The monoisotopic (exact) mass is 281 g/mol. The lowest BCUT2D eigenvalue weighted by Crippen LogP contribution is -2.45. The molecule has 0 aliphatic heterocycles. The van der Waals surface area contributed by atoms with Crippen LogP contribution in [0.3, 0.4) is 0 Å². The van der Waals surface area contributed by atoms with E-state index >= 15 is 0 Å². The van der Waals surface area contributed by atoms with Crippen molar-refractivity contribution in [3.05, 3.63) is 12.2 Å². The SMILES string of the molecule is COCCN(CCC#N)C(=O)NC1C=CC(C(=O)O)C1. The Hall–Kier alpha value is -2.07. The highest BCUT2D eigenvalue weighted by molar-refractivity contribution is 5.76. The Balaban J connectivity index is 2.47. The average molecular weight is 281 g/mol. The van der Waals surface area contributed by atoms with Crippen LogP contribution in [0.4, 0.5) is 4.79 Å². The highest BCUT2D eigenvalue weighted by Crippen LogP contribution is 2.18. The van der Waals surface area contributed by atoms with Gasteiger partial charge in [-0.15, -0.1) is 0 Å². The number of nitrogens with zero attached hydrogens (tertiary/aromatic N) is 2. The molecule has 1 aliphatic carbocycles. The molecule has 110 valence electrons. The number of carbonyl (C=O) groups excluding carboxylic acids is 1. The normalized spacial score (nSPS) is 20.4. The lowest BCUT2D eigenvalue weighted by molar-refractivity contribution is -0.140. The molecule has 0 bridgehead atoms. The minimum atomic E-state index is -0.890. The van der Waals surface area contributed by atoms with Crippen molar-refractivity contribution >= 4 is 12.0 Å². The second kappa shape index (κ2) is 8.17. The van der Waals surface area contributed by atoms with Gasteiger partial charge >= 0.3 is 12.0 Å². The fourth-order valence-corrected chi connectivity index (χ4v) is 1.94. The fourth-order valence-electron chi connectivity index (χ4n) is 1.94. The third kappa shape index (κ3) is 4.90. The summed E-state index contributed by atoms with van der Waals surface area (Å²) in [7, 11) is 1.54. The number of urea groups is 1. The number of carboxylic acid groups (broad SMARTS) is 1. The largest absolute Gasteiger partial charge is 0.481 e. The first kappa shape index (κ1) is 16.0. The lowest BCUT2D eigenvalue weighted by Gasteiger charge is -2.23. The van der Waals surface area contributed by atoms with Crippen molar-refractivity contribution in [2.45, 2.75) is 18.9 Å². The van der Waals surface area contributed by atoms with Gasteiger partial charge in [0.2, 0.25) is 0 Å². The van der Waals surface area contributed by atoms with Gasteiger partial charge in [0.1, 0.15) is 0 Å². The summed E-state index contributed by atoms with van der Waals surface area (Å²) in [5.41, 5.74) is 0. The van der Waals surface area contributed by atoms with E-state index in [1.54, 1.807) is 12.2 Å². The number of ether oxygens (including phenoxy) is 1. The zero-order valence-corrected chi connectivity index (χ0v) is 11.4. The van der Waals surface area contributed by atoms with Crippen LogP contribution in [0.1, 0.15) is 12.8 Å². The minimum Gasteiger partial charge on any atom is -0.481 e. The number of nitriles is 1. The van der Waals surface area contributed by atoms with Crippen molar-refractivity contribution in [3.8, 4) is 6.07 Å². The molecule has 0 fully saturated rings. The zero-order valence-electron chi connectivity index (χ0n) is 11.4. The Kier molecular flexibility index (Phi) is 6.53. The lowest BCUT2D eigenvalue weighted by atomic mass is 10.1. The van der Waals surface area contributed by atoms with Crippen LogP contribution in [-0.4, -0.2) is 54.9 Å². The standard InChI is InChI=1S/C13H19N3O4/c1-20-8-7-16(6-2-5-14)13(19)15-11-4-3-10(9-11)12(17)18/h3-4,10-11H,2,6-9H2,1H3,(H,15,19)(H,17,18). The Morgan fingerprint density at radius 2 is 2.25 bits per heavy atom. The van der Waals surface area contributed by atoms with E-state index in [1.165, 1.54) is 12.0 Å². The first-order valence-corrected chi connectivity index (χ1v) is 6.41. The minimum absolute atomic E-state index is 0.245. The Morgan fingerprint density at radius 1 is 1.50 bits per heavy atom. The van der Waals surface area contributed by atoms with Crippen molar-refractivity contribution in [3.63, 3.8) is 0 Å². The van der Waals surface area contributed by atoms with Crippen molar-refractivity contribution in [2.75, 3.05) is 26.8 Å². The van der Waals surface area contributed by atoms with Gasteiger partial charge in [0, 0.05) is 20.2 Å². The first-order valence-electron chi connectivity index (χ1n) is 6.41. The summed E-state index contributed by atoms with van der Waals surface area (Å²) in [5, 5.41) is 20.2. The molecule has 0 aromatic heterocycles. The third-order valence-electron chi connectivity index (χ3n) is 3.06. The molecule has 0 saturated heterocycles. The van der Waals surface area contributed by atoms with E-state index in [-0.39, 0.29) is 18.5 Å². The summed E-state index contributed by atoms with van der Waals surface area (Å²) in [6, 6.07) is 1.40. The maximum Gasteiger partial charge on any atom is 0.317 e. The van der Waals surface area contributed by atoms with E-state index in [0.717, 1.165) is 0 Å². The smallest absolute Gasteiger partial charge is 0.317 e. The number of hydrogen-bond acceptors (Lipinski definition) is 4. The third-order valence-corrected chi connectivity index (χ3v) is 3.06. The number of carboxylic acids is 1. The van der Waals surface area contributed by atoms with E-state index in [1.807, 2.05) is 6.07 Å². The van der Waals surface area contributed by atoms with Gasteiger partial charge in [-0.05, 0) is 6.42 Å². The first-order chi connectivity index (χ1) is 9.58. The number of aliphatic carboxylic acids is 1. The molecule has 2 atom stereocenters. The summed E-state index contributed by atoms with van der Waals surface area (Å²) in [6.07, 6.45) is 3.88. The number of nitrogens with one attached hydrogen (secondary N) is 1. The van der Waals surface area contributed by atoms with E-state index in [2.05, 4.69) is 5.32 Å². The van der Waals surface area contributed by atoms with E-state index in [4.69, 9.17) is 15.1 Å². The second-order valence-electron chi connectivity index (χ2n) is 4.51. The van der Waals surface area contributed by atoms with Crippen LogP contribution in [0.2, 0.25) is 0 Å². The molecular formula is C13H19N3O4. The average Bonchev–Trinajstić information content (AvgIpc) is 2.87. The molecule has 1 rings (SSSR count). The quantitative estimate of drug-likeness (QED) is 0.665. The topological polar surface area (TPSA) is 103 Å². The summed E-state index contributed by atoms with van der Waals surface area (Å²) in [4.78, 5) is 24.4. The molecule has 20 heavy (non-hydrogen) atoms. The molecule has 7 nitrogen and oxygen atoms in total. The number of rotatable bonds is 7. The Morgan fingerprint density at radius 3 is 2.80 bits per heavy atom. The van der Waals surface area contributed by atoms with Crippen molar-refractivity contribution in [1.82, 2.24) is 10.2 Å². The van der Waals surface area contributed by atoms with Gasteiger partial charge in [-0.2, -0.15) is 5.26 Å². The maximum absolute atomic E-state index is 12.1. The molecule has 0 aromatic rings. The van der Waals surface area contributed by atoms with Gasteiger partial charge in [0.05, 0.1) is 31.1 Å². The van der Waals surface area contributed by atoms with Crippen LogP contribution in [0.25, 0.3) is 0 Å². The van der Waals surface area contributed by atoms with Gasteiger partial charge < -0.3 is 20.1 Å². The highest BCUT2D eigenvalue weighted by Gasteiger charge is 2.26. The maximum atomic E-state index is 12.1. The van der Waals surface area contributed by atoms with Crippen LogP contribution in [0.5, 0.6) is 0 Å². The summed E-state index contributed by atoms with van der Waals surface area (Å²) >= 11 is 0. The van der Waals surface area contributed by atoms with Crippen molar-refractivity contribution in [1.29, 1.82) is 5.26 Å². The van der Waals surface area contributed by atoms with Crippen LogP contribution >= 0.6 is 0 Å². The number of hydrogen-bond donors (Lipinski definition) is 2. The highest BCUT2D eigenvalue weighted by atomic mass is 16.5. The number of methoxy groups -OCH3 is 1. The molecule has 0 radical (unpaired) electrons. The molecule has 1 aliphatic rings. The zero-order chi connectivity index (χ0) is 15.0. The van der Waals surface area contributed by atoms with Crippen LogP contribution in [-0.2, 0) is 9.53 Å². The van der Waals surface area contributed by atoms with E-state index in [9.17, 15) is 9.59 Å². The van der Waals surface area contributed by atoms with Crippen LogP contribution < -0.4 is 5.32 Å². The predicted molar refractivity (Wildman–Crippen MR) is 70.9 cm³/mol. The molecule has 0 heterocycles. The molecule has 0 saturated carbocycles. The molecule has 7 heteroatoms. The van der Waals surface area contributed by atoms with Gasteiger partial charge in [-0.1, -0.05) is 12.2 Å². The number of carbonyl (C=O) groups is 2. The predicted octanol–water partition coefficient (Wildman–Crippen LogP) is 0.587. The van der Waals surface area contributed by atoms with Gasteiger partial charge in [0.25, 0.3) is 0 Å². The molecule has 2 amide bonds. The Labute approximate surface area is 117 Å². The van der Waals surface area contributed by atoms with E-state index < -0.39 is 11.9 Å². The second-order valence-corrected chi connectivity index (χ2v) is 4.51. The molecule has 0 spiro atoms. The van der Waals surface area contributed by atoms with Crippen LogP contribution in [0.15, 0.2) is 12.2 Å². The van der Waals surface area contributed by atoms with Crippen LogP contribution in [0, 0.1) is 17.2 Å². The molecule has 0 aromatic carbocycles. The Bertz CT molecular complexity index is 416. The molecule has 2 unspecified atom stereocenters. The summed E-state index contributed by atoms with van der Waals surface area (Å²) in [5.74, 6) is -1.44.